The molecule has 6 heteroatoms. The molecule has 1 unspecified atom stereocenters. The van der Waals surface area contributed by atoms with Crippen molar-refractivity contribution >= 4 is 45.0 Å². The molecular formula is C20H15BrClNO3. The Balaban J connectivity index is 2.18. The highest BCUT2D eigenvalue weighted by atomic mass is 79.9. The lowest BCUT2D eigenvalue weighted by molar-refractivity contribution is -0.139. The van der Waals surface area contributed by atoms with Crippen LogP contribution >= 0.6 is 27.5 Å². The number of aliphatic hydroxyl groups excluding tert-OH is 1. The van der Waals surface area contributed by atoms with E-state index in [1.165, 1.54) is 4.90 Å². The third-order valence-corrected chi connectivity index (χ3v) is 4.95. The van der Waals surface area contributed by atoms with Gasteiger partial charge in [0.2, 0.25) is 0 Å². The van der Waals surface area contributed by atoms with Crippen LogP contribution in [0.4, 0.5) is 0 Å². The molecule has 2 aromatic rings. The van der Waals surface area contributed by atoms with Gasteiger partial charge in [-0.1, -0.05) is 45.7 Å². The fourth-order valence-electron chi connectivity index (χ4n) is 2.96. The number of benzene rings is 2. The first-order chi connectivity index (χ1) is 12.4. The molecule has 0 bridgehead atoms. The summed E-state index contributed by atoms with van der Waals surface area (Å²) in [6, 6.07) is 13.0. The number of nitrogens with zero attached hydrogens (tertiary/aromatic N) is 1. The fraction of sp³-hybridized carbons (Fsp3) is 0.100. The lowest BCUT2D eigenvalue weighted by Gasteiger charge is -2.24. The second-order valence-electron chi connectivity index (χ2n) is 5.80. The number of rotatable bonds is 4. The van der Waals surface area contributed by atoms with Gasteiger partial charge in [-0.3, -0.25) is 9.59 Å². The molecule has 1 aliphatic rings. The number of hydrogen-bond acceptors (Lipinski definition) is 3. The van der Waals surface area contributed by atoms with Gasteiger partial charge in [-0.25, -0.2) is 0 Å². The maximum atomic E-state index is 12.6. The van der Waals surface area contributed by atoms with Crippen molar-refractivity contribution in [1.29, 1.82) is 0 Å². The summed E-state index contributed by atoms with van der Waals surface area (Å²) in [6.07, 6.45) is 1.55. The molecule has 0 aliphatic carbocycles. The molecule has 132 valence electrons. The Hall–Kier alpha value is -2.37. The van der Waals surface area contributed by atoms with Gasteiger partial charge >= 0.3 is 0 Å². The summed E-state index contributed by atoms with van der Waals surface area (Å²) < 4.78 is 0.875. The number of hydrogen-bond donors (Lipinski definition) is 1. The summed E-state index contributed by atoms with van der Waals surface area (Å²) in [5.74, 6) is -1.60. The van der Waals surface area contributed by atoms with Gasteiger partial charge < -0.3 is 10.0 Å². The first kappa shape index (κ1) is 18.4. The van der Waals surface area contributed by atoms with Gasteiger partial charge in [0.25, 0.3) is 11.7 Å². The van der Waals surface area contributed by atoms with Gasteiger partial charge in [-0.05, 0) is 42.0 Å². The minimum absolute atomic E-state index is 0.0569. The third kappa shape index (κ3) is 3.32. The minimum atomic E-state index is -0.716. The van der Waals surface area contributed by atoms with Crippen molar-refractivity contribution in [3.05, 3.63) is 87.4 Å². The van der Waals surface area contributed by atoms with Gasteiger partial charge in [0.1, 0.15) is 5.76 Å². The molecule has 1 saturated heterocycles. The second kappa shape index (κ2) is 7.48. The molecule has 2 aromatic carbocycles. The highest BCUT2D eigenvalue weighted by Crippen LogP contribution is 2.39. The Morgan fingerprint density at radius 3 is 2.35 bits per heavy atom. The monoisotopic (exact) mass is 431 g/mol. The van der Waals surface area contributed by atoms with Gasteiger partial charge in [0, 0.05) is 21.6 Å². The average Bonchev–Trinajstić information content (AvgIpc) is 2.88. The summed E-state index contributed by atoms with van der Waals surface area (Å²) in [6.45, 7) is 3.85. The number of carbonyl (C=O) groups excluding carboxylic acids is 2. The van der Waals surface area contributed by atoms with Gasteiger partial charge in [0.15, 0.2) is 0 Å². The van der Waals surface area contributed by atoms with Crippen LogP contribution in [0.5, 0.6) is 0 Å². The molecule has 0 aromatic heterocycles. The van der Waals surface area contributed by atoms with E-state index in [0.717, 1.165) is 10.0 Å². The van der Waals surface area contributed by atoms with Crippen molar-refractivity contribution < 1.29 is 14.7 Å². The lowest BCUT2D eigenvalue weighted by atomic mass is 9.95. The van der Waals surface area contributed by atoms with Crippen LogP contribution in [0.15, 0.2) is 71.2 Å². The van der Waals surface area contributed by atoms with E-state index in [1.807, 2.05) is 24.3 Å². The third-order valence-electron chi connectivity index (χ3n) is 4.17. The van der Waals surface area contributed by atoms with Crippen LogP contribution in [0, 0.1) is 0 Å². The summed E-state index contributed by atoms with van der Waals surface area (Å²) in [5.41, 5.74) is 1.21. The highest BCUT2D eigenvalue weighted by molar-refractivity contribution is 9.10. The fourth-order valence-corrected chi connectivity index (χ4v) is 3.35. The van der Waals surface area contributed by atoms with Crippen LogP contribution in [0.3, 0.4) is 0 Å². The molecule has 0 spiro atoms. The van der Waals surface area contributed by atoms with Crippen LogP contribution < -0.4 is 0 Å². The van der Waals surface area contributed by atoms with E-state index in [0.29, 0.717) is 10.6 Å². The molecule has 1 fully saturated rings. The van der Waals surface area contributed by atoms with Crippen molar-refractivity contribution in [2.45, 2.75) is 6.04 Å². The quantitative estimate of drug-likeness (QED) is 0.329. The molecule has 4 nitrogen and oxygen atoms in total. The van der Waals surface area contributed by atoms with Crippen LogP contribution in [0.25, 0.3) is 5.76 Å². The smallest absolute Gasteiger partial charge is 0.295 e. The molecule has 1 N–H and O–H groups in total. The maximum Gasteiger partial charge on any atom is 0.295 e. The molecule has 0 radical (unpaired) electrons. The summed E-state index contributed by atoms with van der Waals surface area (Å²) in [4.78, 5) is 26.5. The zero-order valence-corrected chi connectivity index (χ0v) is 16.0. The number of amides is 1. The predicted molar refractivity (Wildman–Crippen MR) is 105 cm³/mol. The number of halogens is 2. The topological polar surface area (TPSA) is 57.6 Å². The Bertz CT molecular complexity index is 904. The van der Waals surface area contributed by atoms with Crippen molar-refractivity contribution in [3.8, 4) is 0 Å². The van der Waals surface area contributed by atoms with E-state index in [-0.39, 0.29) is 17.9 Å². The van der Waals surface area contributed by atoms with Crippen LogP contribution in [-0.4, -0.2) is 28.2 Å². The van der Waals surface area contributed by atoms with Gasteiger partial charge in [-0.2, -0.15) is 0 Å². The molecule has 1 aliphatic heterocycles. The molecule has 1 amide bonds. The molecule has 0 saturated carbocycles. The summed E-state index contributed by atoms with van der Waals surface area (Å²) in [5, 5.41) is 11.3. The first-order valence-corrected chi connectivity index (χ1v) is 9.02. The number of Topliss-reactive ketones (excluding diaryl/α,β-unsaturated/α-hetero) is 1. The van der Waals surface area contributed by atoms with Crippen molar-refractivity contribution in [1.82, 2.24) is 4.90 Å². The Kier molecular flexibility index (Phi) is 5.30. The molecule has 3 rings (SSSR count). The van der Waals surface area contributed by atoms with E-state index in [9.17, 15) is 14.7 Å². The Morgan fingerprint density at radius 1 is 1.15 bits per heavy atom. The minimum Gasteiger partial charge on any atom is -0.507 e. The number of ketones is 1. The number of aliphatic hydroxyl groups is 1. The van der Waals surface area contributed by atoms with E-state index in [2.05, 4.69) is 22.5 Å². The Labute approximate surface area is 164 Å². The average molecular weight is 433 g/mol. The SMILES string of the molecule is C=CCN1C(=O)C(=O)C(=C(O)c2ccc(Cl)cc2)C1c1ccc(Br)cc1. The highest BCUT2D eigenvalue weighted by Gasteiger charge is 2.45. The number of carbonyl (C=O) groups is 2. The molecule has 26 heavy (non-hydrogen) atoms. The number of likely N-dealkylation sites (tertiary alicyclic amines) is 1. The van der Waals surface area contributed by atoms with Crippen molar-refractivity contribution in [2.24, 2.45) is 0 Å². The van der Waals surface area contributed by atoms with Crippen molar-refractivity contribution in [2.75, 3.05) is 6.54 Å². The second-order valence-corrected chi connectivity index (χ2v) is 7.15. The zero-order chi connectivity index (χ0) is 18.8. The summed E-state index contributed by atoms with van der Waals surface area (Å²) in [7, 11) is 0. The maximum absolute atomic E-state index is 12.6. The van der Waals surface area contributed by atoms with Crippen LogP contribution in [0.1, 0.15) is 17.2 Å². The van der Waals surface area contributed by atoms with Gasteiger partial charge in [0.05, 0.1) is 11.6 Å². The standard InChI is InChI=1S/C20H15BrClNO3/c1-2-11-23-17(12-3-7-14(21)8-4-12)16(19(25)20(23)26)18(24)13-5-9-15(22)10-6-13/h2-10,17,24H,1,11H2. The van der Waals surface area contributed by atoms with Crippen LogP contribution in [-0.2, 0) is 9.59 Å². The Morgan fingerprint density at radius 2 is 1.77 bits per heavy atom. The lowest BCUT2D eigenvalue weighted by Crippen LogP contribution is -2.29. The van der Waals surface area contributed by atoms with E-state index < -0.39 is 17.7 Å². The molecule has 1 heterocycles. The normalized spacial score (nSPS) is 19.0. The van der Waals surface area contributed by atoms with E-state index in [1.54, 1.807) is 30.3 Å². The van der Waals surface area contributed by atoms with Gasteiger partial charge in [-0.15, -0.1) is 6.58 Å². The van der Waals surface area contributed by atoms with E-state index in [4.69, 9.17) is 11.6 Å². The zero-order valence-electron chi connectivity index (χ0n) is 13.7. The van der Waals surface area contributed by atoms with Crippen LogP contribution in [0.2, 0.25) is 5.02 Å². The first-order valence-electron chi connectivity index (χ1n) is 7.84. The summed E-state index contributed by atoms with van der Waals surface area (Å²) >= 11 is 9.26. The van der Waals surface area contributed by atoms with E-state index >= 15 is 0 Å². The molecule has 1 atom stereocenters. The predicted octanol–water partition coefficient (Wildman–Crippen LogP) is 4.71. The van der Waals surface area contributed by atoms with Crippen molar-refractivity contribution in [3.63, 3.8) is 0 Å². The largest absolute Gasteiger partial charge is 0.507 e. The molecular weight excluding hydrogens is 418 g/mol.